The van der Waals surface area contributed by atoms with Gasteiger partial charge in [-0.1, -0.05) is 23.9 Å². The molecule has 4 heterocycles. The van der Waals surface area contributed by atoms with E-state index in [0.29, 0.717) is 17.2 Å². The highest BCUT2D eigenvalue weighted by atomic mass is 32.2. The van der Waals surface area contributed by atoms with Crippen molar-refractivity contribution in [2.45, 2.75) is 42.1 Å². The molecule has 0 radical (unpaired) electrons. The normalized spacial score (nSPS) is 21.9. The number of aryl methyl sites for hydroxylation is 1. The van der Waals surface area contributed by atoms with Crippen LogP contribution in [0, 0.1) is 6.92 Å². The second-order valence-corrected chi connectivity index (χ2v) is 10.7. The predicted molar refractivity (Wildman–Crippen MR) is 146 cm³/mol. The zero-order valence-corrected chi connectivity index (χ0v) is 22.0. The van der Waals surface area contributed by atoms with Crippen LogP contribution in [0.1, 0.15) is 30.0 Å². The third-order valence-electron chi connectivity index (χ3n) is 7.11. The van der Waals surface area contributed by atoms with Crippen molar-refractivity contribution in [3.8, 4) is 17.2 Å². The Morgan fingerprint density at radius 2 is 2.00 bits per heavy atom. The largest absolute Gasteiger partial charge is 0.493 e. The summed E-state index contributed by atoms with van der Waals surface area (Å²) in [7, 11) is 1.60. The molecule has 38 heavy (non-hydrogen) atoms. The Morgan fingerprint density at radius 1 is 1.16 bits per heavy atom. The molecule has 2 aromatic carbocycles. The lowest BCUT2D eigenvalue weighted by Crippen LogP contribution is -2.52. The minimum absolute atomic E-state index is 0.0691. The van der Waals surface area contributed by atoms with E-state index in [1.54, 1.807) is 18.2 Å². The number of methoxy groups -OCH3 is 1. The van der Waals surface area contributed by atoms with E-state index in [4.69, 9.17) is 9.47 Å². The van der Waals surface area contributed by atoms with Gasteiger partial charge in [0.05, 0.1) is 24.5 Å². The van der Waals surface area contributed by atoms with Gasteiger partial charge in [-0.25, -0.2) is 9.78 Å². The maximum atomic E-state index is 13.5. The van der Waals surface area contributed by atoms with E-state index in [1.807, 2.05) is 55.5 Å². The second-order valence-electron chi connectivity index (χ2n) is 9.60. The maximum absolute atomic E-state index is 13.5. The lowest BCUT2D eigenvalue weighted by Gasteiger charge is -2.35. The van der Waals surface area contributed by atoms with Crippen LogP contribution in [0.25, 0.3) is 0 Å². The van der Waals surface area contributed by atoms with Gasteiger partial charge in [0.15, 0.2) is 11.5 Å². The first-order chi connectivity index (χ1) is 18.5. The van der Waals surface area contributed by atoms with Crippen LogP contribution in [0.4, 0.5) is 16.2 Å². The second kappa shape index (κ2) is 10.2. The molecule has 3 aromatic rings. The minimum Gasteiger partial charge on any atom is -0.493 e. The molecule has 3 aliphatic rings. The first kappa shape index (κ1) is 24.6. The molecule has 3 atom stereocenters. The van der Waals surface area contributed by atoms with Gasteiger partial charge in [0.2, 0.25) is 5.91 Å². The molecule has 3 N–H and O–H groups in total. The van der Waals surface area contributed by atoms with Crippen LogP contribution in [-0.4, -0.2) is 48.4 Å². The Labute approximate surface area is 225 Å². The fourth-order valence-corrected chi connectivity index (χ4v) is 6.53. The molecule has 0 bridgehead atoms. The quantitative estimate of drug-likeness (QED) is 0.432. The first-order valence-corrected chi connectivity index (χ1v) is 13.6. The number of benzene rings is 2. The predicted octanol–water partition coefficient (Wildman–Crippen LogP) is 4.44. The highest BCUT2D eigenvalue weighted by Gasteiger charge is 2.47. The van der Waals surface area contributed by atoms with Crippen molar-refractivity contribution in [3.05, 3.63) is 65.9 Å². The zero-order chi connectivity index (χ0) is 26.2. The van der Waals surface area contributed by atoms with E-state index in [-0.39, 0.29) is 18.0 Å². The van der Waals surface area contributed by atoms with Crippen LogP contribution >= 0.6 is 11.8 Å². The van der Waals surface area contributed by atoms with Crippen LogP contribution in [0.2, 0.25) is 0 Å². The number of thioether (sulfide) groups is 1. The number of rotatable bonds is 6. The molecule has 10 heteroatoms. The highest BCUT2D eigenvalue weighted by molar-refractivity contribution is 8.01. The van der Waals surface area contributed by atoms with E-state index in [1.165, 1.54) is 11.8 Å². The fourth-order valence-electron chi connectivity index (χ4n) is 5.30. The summed E-state index contributed by atoms with van der Waals surface area (Å²) in [5.41, 5.74) is 3.22. The molecule has 3 unspecified atom stereocenters. The van der Waals surface area contributed by atoms with Gasteiger partial charge in [-0.2, -0.15) is 0 Å². The number of carbonyl (C=O) groups excluding carboxylic acids is 2. The summed E-state index contributed by atoms with van der Waals surface area (Å²) in [4.78, 5) is 33.0. The molecule has 1 aromatic heterocycles. The Bertz CT molecular complexity index is 1390. The first-order valence-electron chi connectivity index (χ1n) is 12.7. The molecule has 1 fully saturated rings. The minimum atomic E-state index is -0.468. The number of hydrogen-bond donors (Lipinski definition) is 3. The smallest absolute Gasteiger partial charge is 0.327 e. The summed E-state index contributed by atoms with van der Waals surface area (Å²) in [6, 6.07) is 14.3. The number of piperidine rings is 1. The Morgan fingerprint density at radius 3 is 2.76 bits per heavy atom. The van der Waals surface area contributed by atoms with E-state index in [9.17, 15) is 9.59 Å². The average Bonchev–Trinajstić information content (AvgIpc) is 3.30. The van der Waals surface area contributed by atoms with Crippen molar-refractivity contribution in [3.63, 3.8) is 0 Å². The van der Waals surface area contributed by atoms with Crippen LogP contribution in [-0.2, 0) is 4.79 Å². The van der Waals surface area contributed by atoms with Crippen molar-refractivity contribution >= 4 is 35.1 Å². The number of nitrogens with zero attached hydrogens (tertiary/aromatic N) is 2. The lowest BCUT2D eigenvalue weighted by atomic mass is 9.99. The Hall–Kier alpha value is -3.76. The van der Waals surface area contributed by atoms with Gasteiger partial charge in [0.1, 0.15) is 16.0 Å². The monoisotopic (exact) mass is 531 g/mol. The van der Waals surface area contributed by atoms with Crippen LogP contribution in [0.15, 0.2) is 59.8 Å². The van der Waals surface area contributed by atoms with Crippen molar-refractivity contribution in [2.75, 3.05) is 25.1 Å². The summed E-state index contributed by atoms with van der Waals surface area (Å²) in [6.45, 7) is 3.68. The molecule has 3 amide bonds. The third-order valence-corrected chi connectivity index (χ3v) is 8.40. The van der Waals surface area contributed by atoms with Crippen molar-refractivity contribution in [1.29, 1.82) is 0 Å². The van der Waals surface area contributed by atoms with Crippen LogP contribution in [0.3, 0.4) is 0 Å². The number of hydrogen-bond acceptors (Lipinski definition) is 7. The van der Waals surface area contributed by atoms with Gasteiger partial charge in [-0.05, 0) is 68.3 Å². The molecular formula is C28H29N5O4S. The molecular weight excluding hydrogens is 502 g/mol. The molecule has 0 aliphatic carbocycles. The van der Waals surface area contributed by atoms with Gasteiger partial charge in [-0.3, -0.25) is 9.69 Å². The maximum Gasteiger partial charge on any atom is 0.327 e. The van der Waals surface area contributed by atoms with Crippen LogP contribution < -0.4 is 30.3 Å². The summed E-state index contributed by atoms with van der Waals surface area (Å²) in [5.74, 6) is 1.81. The number of anilines is 2. The molecule has 196 valence electrons. The van der Waals surface area contributed by atoms with E-state index >= 15 is 0 Å². The summed E-state index contributed by atoms with van der Waals surface area (Å²) in [5, 5.41) is 9.89. The Balaban J connectivity index is 1.27. The fraction of sp³-hybridized carbons (Fsp3) is 0.321. The van der Waals surface area contributed by atoms with E-state index < -0.39 is 11.3 Å². The molecule has 3 aliphatic heterocycles. The van der Waals surface area contributed by atoms with Crippen molar-refractivity contribution < 1.29 is 19.1 Å². The number of nitrogens with one attached hydrogen (secondary N) is 3. The Kier molecular flexibility index (Phi) is 6.59. The topological polar surface area (TPSA) is 105 Å². The van der Waals surface area contributed by atoms with Gasteiger partial charge >= 0.3 is 6.03 Å². The zero-order valence-electron chi connectivity index (χ0n) is 21.2. The van der Waals surface area contributed by atoms with Gasteiger partial charge in [-0.15, -0.1) is 0 Å². The standard InChI is InChI=1S/C28H29N5O4S/c1-16-14-18(37-22-8-4-3-7-21(22)36-2)9-10-19(16)33-20-11-13-30-27-23(20)24(32-28(33)35)25(38-27)26(34)31-17-6-5-12-29-15-17/h3-4,7-11,13-14,17,24-25,29H,5-6,12,15H2,1-2H3,(H,31,34)(H,32,35). The number of ether oxygens (including phenoxy) is 2. The summed E-state index contributed by atoms with van der Waals surface area (Å²) < 4.78 is 11.5. The van der Waals surface area contributed by atoms with Crippen molar-refractivity contribution in [2.24, 2.45) is 0 Å². The number of amides is 3. The molecule has 1 saturated heterocycles. The number of pyridine rings is 1. The average molecular weight is 532 g/mol. The molecule has 6 rings (SSSR count). The lowest BCUT2D eigenvalue weighted by molar-refractivity contribution is -0.121. The van der Waals surface area contributed by atoms with Gasteiger partial charge < -0.3 is 25.4 Å². The number of carbonyl (C=O) groups is 2. The number of para-hydroxylation sites is 2. The van der Waals surface area contributed by atoms with Crippen LogP contribution in [0.5, 0.6) is 17.2 Å². The molecule has 9 nitrogen and oxygen atoms in total. The molecule has 0 spiro atoms. The SMILES string of the molecule is COc1ccccc1Oc1ccc(N2C(=O)NC3c4c2ccnc4SC3C(=O)NC2CCCNC2)c(C)c1. The van der Waals surface area contributed by atoms with Gasteiger partial charge in [0, 0.05) is 24.3 Å². The highest BCUT2D eigenvalue weighted by Crippen LogP contribution is 2.51. The van der Waals surface area contributed by atoms with Crippen molar-refractivity contribution in [1.82, 2.24) is 20.9 Å². The van der Waals surface area contributed by atoms with E-state index in [0.717, 1.165) is 53.5 Å². The summed E-state index contributed by atoms with van der Waals surface area (Å²) in [6.07, 6.45) is 3.68. The third kappa shape index (κ3) is 4.43. The number of aromatic nitrogens is 1. The molecule has 0 saturated carbocycles. The van der Waals surface area contributed by atoms with Gasteiger partial charge in [0.25, 0.3) is 0 Å². The number of urea groups is 1. The van der Waals surface area contributed by atoms with E-state index in [2.05, 4.69) is 20.9 Å². The summed E-state index contributed by atoms with van der Waals surface area (Å²) >= 11 is 1.41.